The van der Waals surface area contributed by atoms with E-state index in [1.807, 2.05) is 18.2 Å². The van der Waals surface area contributed by atoms with E-state index in [2.05, 4.69) is 20.6 Å². The number of benzene rings is 1. The van der Waals surface area contributed by atoms with Crippen LogP contribution in [0.2, 0.25) is 0 Å². The number of para-hydroxylation sites is 1. The largest absolute Gasteiger partial charge is 0.326 e. The zero-order valence-corrected chi connectivity index (χ0v) is 11.3. The molecule has 106 valence electrons. The number of nitrogens with zero attached hydrogens (tertiary/aromatic N) is 2. The van der Waals surface area contributed by atoms with Gasteiger partial charge in [-0.1, -0.05) is 18.2 Å². The van der Waals surface area contributed by atoms with Gasteiger partial charge in [0.05, 0.1) is 11.3 Å². The lowest BCUT2D eigenvalue weighted by molar-refractivity contribution is 0.0971. The molecule has 0 aliphatic heterocycles. The molecule has 0 spiro atoms. The minimum absolute atomic E-state index is 0.0662. The van der Waals surface area contributed by atoms with Gasteiger partial charge in [-0.15, -0.1) is 0 Å². The Morgan fingerprint density at radius 2 is 1.90 bits per heavy atom. The molecule has 0 radical (unpaired) electrons. The van der Waals surface area contributed by atoms with E-state index in [1.54, 1.807) is 12.1 Å². The molecular formula is C15H14N4O2. The second-order valence-electron chi connectivity index (χ2n) is 4.78. The van der Waals surface area contributed by atoms with Crippen LogP contribution in [0.3, 0.4) is 0 Å². The van der Waals surface area contributed by atoms with E-state index in [9.17, 15) is 9.59 Å². The standard InChI is InChI=1S/C15H14N4O2/c20-13-8-4-7-12-11(13)9-16-14(18-12)19-15(21)17-10-5-2-1-3-6-10/h1-3,5-6,9H,4,7-8H2,(H2,16,17,18,19,21). The van der Waals surface area contributed by atoms with Gasteiger partial charge in [0.1, 0.15) is 0 Å². The van der Waals surface area contributed by atoms with E-state index in [4.69, 9.17) is 0 Å². The molecule has 21 heavy (non-hydrogen) atoms. The fourth-order valence-electron chi connectivity index (χ4n) is 2.24. The van der Waals surface area contributed by atoms with E-state index in [1.165, 1.54) is 6.20 Å². The molecule has 1 aliphatic rings. The number of carbonyl (C=O) groups is 2. The summed E-state index contributed by atoms with van der Waals surface area (Å²) in [5, 5.41) is 5.25. The summed E-state index contributed by atoms with van der Waals surface area (Å²) < 4.78 is 0. The van der Waals surface area contributed by atoms with Crippen molar-refractivity contribution < 1.29 is 9.59 Å². The van der Waals surface area contributed by atoms with Crippen LogP contribution in [0, 0.1) is 0 Å². The highest BCUT2D eigenvalue weighted by atomic mass is 16.2. The second kappa shape index (κ2) is 5.70. The van der Waals surface area contributed by atoms with Crippen molar-refractivity contribution in [2.75, 3.05) is 10.6 Å². The molecule has 2 aromatic rings. The van der Waals surface area contributed by atoms with Crippen molar-refractivity contribution in [2.24, 2.45) is 0 Å². The highest BCUT2D eigenvalue weighted by Crippen LogP contribution is 2.19. The number of ketones is 1. The molecule has 1 aromatic heterocycles. The Labute approximate surface area is 121 Å². The summed E-state index contributed by atoms with van der Waals surface area (Å²) in [6.07, 6.45) is 3.55. The zero-order valence-electron chi connectivity index (χ0n) is 11.3. The molecule has 3 rings (SSSR count). The minimum Gasteiger partial charge on any atom is -0.308 e. The number of aromatic nitrogens is 2. The van der Waals surface area contributed by atoms with Gasteiger partial charge in [0, 0.05) is 18.3 Å². The Bertz CT molecular complexity index is 685. The number of Topliss-reactive ketones (excluding diaryl/α,β-unsaturated/α-hetero) is 1. The molecule has 0 unspecified atom stereocenters. The van der Waals surface area contributed by atoms with Crippen molar-refractivity contribution in [3.05, 3.63) is 47.8 Å². The molecule has 1 heterocycles. The van der Waals surface area contributed by atoms with E-state index < -0.39 is 6.03 Å². The van der Waals surface area contributed by atoms with Gasteiger partial charge in [-0.3, -0.25) is 10.1 Å². The number of amides is 2. The lowest BCUT2D eigenvalue weighted by atomic mass is 9.96. The maximum absolute atomic E-state index is 11.8. The fraction of sp³-hybridized carbons (Fsp3) is 0.200. The molecule has 1 aliphatic carbocycles. The van der Waals surface area contributed by atoms with Crippen LogP contribution in [0.4, 0.5) is 16.4 Å². The minimum atomic E-state index is -0.414. The van der Waals surface area contributed by atoms with Crippen LogP contribution in [0.25, 0.3) is 0 Å². The summed E-state index contributed by atoms with van der Waals surface area (Å²) in [5.74, 6) is 0.272. The first-order chi connectivity index (χ1) is 10.2. The predicted molar refractivity (Wildman–Crippen MR) is 78.4 cm³/mol. The topological polar surface area (TPSA) is 84.0 Å². The summed E-state index contributed by atoms with van der Waals surface area (Å²) in [6, 6.07) is 8.68. The Morgan fingerprint density at radius 1 is 1.10 bits per heavy atom. The molecule has 6 nitrogen and oxygen atoms in total. The van der Waals surface area contributed by atoms with Crippen molar-refractivity contribution in [3.63, 3.8) is 0 Å². The molecule has 0 saturated carbocycles. The quantitative estimate of drug-likeness (QED) is 0.886. The summed E-state index contributed by atoms with van der Waals surface area (Å²) in [6.45, 7) is 0. The SMILES string of the molecule is O=C(Nc1ccccc1)Nc1ncc2c(n1)CCCC2=O. The van der Waals surface area contributed by atoms with Crippen LogP contribution in [0.5, 0.6) is 0 Å². The van der Waals surface area contributed by atoms with Crippen LogP contribution in [-0.2, 0) is 6.42 Å². The highest BCUT2D eigenvalue weighted by molar-refractivity contribution is 6.00. The number of nitrogens with one attached hydrogen (secondary N) is 2. The summed E-state index contributed by atoms with van der Waals surface area (Å²) in [4.78, 5) is 31.8. The number of rotatable bonds is 2. The van der Waals surface area contributed by atoms with Crippen LogP contribution in [0.15, 0.2) is 36.5 Å². The normalized spacial score (nSPS) is 13.4. The van der Waals surface area contributed by atoms with Gasteiger partial charge in [0.15, 0.2) is 5.78 Å². The molecular weight excluding hydrogens is 268 g/mol. The zero-order chi connectivity index (χ0) is 14.7. The van der Waals surface area contributed by atoms with Gasteiger partial charge >= 0.3 is 6.03 Å². The van der Waals surface area contributed by atoms with Gasteiger partial charge in [0.25, 0.3) is 0 Å². The van der Waals surface area contributed by atoms with E-state index in [0.29, 0.717) is 23.4 Å². The summed E-state index contributed by atoms with van der Waals surface area (Å²) >= 11 is 0. The fourth-order valence-corrected chi connectivity index (χ4v) is 2.24. The Morgan fingerprint density at radius 3 is 2.71 bits per heavy atom. The first-order valence-corrected chi connectivity index (χ1v) is 6.74. The first kappa shape index (κ1) is 13.2. The van der Waals surface area contributed by atoms with E-state index >= 15 is 0 Å². The number of anilines is 2. The molecule has 1 aromatic carbocycles. The number of aryl methyl sites for hydroxylation is 1. The monoisotopic (exact) mass is 282 g/mol. The van der Waals surface area contributed by atoms with Crippen LogP contribution in [-0.4, -0.2) is 21.8 Å². The maximum atomic E-state index is 11.8. The van der Waals surface area contributed by atoms with Crippen molar-refractivity contribution in [2.45, 2.75) is 19.3 Å². The lowest BCUT2D eigenvalue weighted by Gasteiger charge is -2.14. The first-order valence-electron chi connectivity index (χ1n) is 6.74. The Kier molecular flexibility index (Phi) is 3.59. The van der Waals surface area contributed by atoms with Gasteiger partial charge in [-0.2, -0.15) is 0 Å². The lowest BCUT2D eigenvalue weighted by Crippen LogP contribution is -2.22. The van der Waals surface area contributed by atoms with Crippen LogP contribution >= 0.6 is 0 Å². The van der Waals surface area contributed by atoms with E-state index in [0.717, 1.165) is 12.8 Å². The molecule has 0 bridgehead atoms. The van der Waals surface area contributed by atoms with Crippen molar-refractivity contribution >= 4 is 23.5 Å². The summed E-state index contributed by atoms with van der Waals surface area (Å²) in [7, 11) is 0. The number of fused-ring (bicyclic) bond motifs is 1. The predicted octanol–water partition coefficient (Wildman–Crippen LogP) is 2.64. The second-order valence-corrected chi connectivity index (χ2v) is 4.78. The van der Waals surface area contributed by atoms with Gasteiger partial charge in [-0.25, -0.2) is 14.8 Å². The number of hydrogen-bond donors (Lipinski definition) is 2. The van der Waals surface area contributed by atoms with Crippen molar-refractivity contribution in [3.8, 4) is 0 Å². The Hall–Kier alpha value is -2.76. The Balaban J connectivity index is 1.70. The van der Waals surface area contributed by atoms with Gasteiger partial charge in [-0.05, 0) is 25.0 Å². The molecule has 0 atom stereocenters. The van der Waals surface area contributed by atoms with Crippen LogP contribution in [0.1, 0.15) is 28.9 Å². The smallest absolute Gasteiger partial charge is 0.308 e. The highest BCUT2D eigenvalue weighted by Gasteiger charge is 2.19. The van der Waals surface area contributed by atoms with E-state index in [-0.39, 0.29) is 11.7 Å². The number of hydrogen-bond acceptors (Lipinski definition) is 4. The van der Waals surface area contributed by atoms with Crippen molar-refractivity contribution in [1.29, 1.82) is 0 Å². The average molecular weight is 282 g/mol. The summed E-state index contributed by atoms with van der Waals surface area (Å²) in [5.41, 5.74) is 1.95. The maximum Gasteiger partial charge on any atom is 0.326 e. The third-order valence-electron chi connectivity index (χ3n) is 3.24. The molecule has 2 N–H and O–H groups in total. The molecule has 0 fully saturated rings. The average Bonchev–Trinajstić information content (AvgIpc) is 2.48. The van der Waals surface area contributed by atoms with Gasteiger partial charge < -0.3 is 5.32 Å². The number of carbonyl (C=O) groups excluding carboxylic acids is 2. The molecule has 0 saturated heterocycles. The third-order valence-corrected chi connectivity index (χ3v) is 3.24. The third kappa shape index (κ3) is 3.05. The molecule has 6 heteroatoms. The molecule has 2 amide bonds. The van der Waals surface area contributed by atoms with Crippen molar-refractivity contribution in [1.82, 2.24) is 9.97 Å². The van der Waals surface area contributed by atoms with Gasteiger partial charge in [0.2, 0.25) is 5.95 Å². The van der Waals surface area contributed by atoms with Crippen LogP contribution < -0.4 is 10.6 Å². The number of urea groups is 1.